The molecular weight excluding hydrogens is 326 g/mol. The zero-order valence-corrected chi connectivity index (χ0v) is 13.9. The second-order valence-electron chi connectivity index (χ2n) is 5.66. The summed E-state index contributed by atoms with van der Waals surface area (Å²) in [5.74, 6) is -0.238. The average Bonchev–Trinajstić information content (AvgIpc) is 2.61. The Morgan fingerprint density at radius 1 is 1.25 bits per heavy atom. The first kappa shape index (κ1) is 16.5. The standard InChI is InChI=1S/C18H18ClN3O2/c19-15-4-2-1-3-14(15)17-18(24)21-11-12-22(17)16(23)6-5-13-7-9-20-10-8-13/h1-4,7-10,17H,5-6,11-12H2,(H,21,24). The molecule has 0 radical (unpaired) electrons. The Kier molecular flexibility index (Phi) is 5.11. The van der Waals surface area contributed by atoms with Gasteiger partial charge in [0.1, 0.15) is 6.04 Å². The molecule has 24 heavy (non-hydrogen) atoms. The molecule has 0 aliphatic carbocycles. The first-order valence-electron chi connectivity index (χ1n) is 7.87. The summed E-state index contributed by atoms with van der Waals surface area (Å²) in [7, 11) is 0. The number of nitrogens with zero attached hydrogens (tertiary/aromatic N) is 2. The highest BCUT2D eigenvalue weighted by atomic mass is 35.5. The molecule has 1 atom stereocenters. The van der Waals surface area contributed by atoms with E-state index in [1.807, 2.05) is 24.3 Å². The van der Waals surface area contributed by atoms with Gasteiger partial charge in [-0.3, -0.25) is 14.6 Å². The number of halogens is 1. The highest BCUT2D eigenvalue weighted by Gasteiger charge is 2.35. The summed E-state index contributed by atoms with van der Waals surface area (Å²) in [5.41, 5.74) is 1.71. The third kappa shape index (κ3) is 3.57. The summed E-state index contributed by atoms with van der Waals surface area (Å²) in [5, 5.41) is 3.31. The van der Waals surface area contributed by atoms with E-state index in [1.54, 1.807) is 29.4 Å². The van der Waals surface area contributed by atoms with Crippen molar-refractivity contribution in [2.24, 2.45) is 0 Å². The molecule has 1 aliphatic heterocycles. The molecule has 1 saturated heterocycles. The fraction of sp³-hybridized carbons (Fsp3) is 0.278. The Bertz CT molecular complexity index is 736. The van der Waals surface area contributed by atoms with Crippen LogP contribution in [0.25, 0.3) is 0 Å². The van der Waals surface area contributed by atoms with Gasteiger partial charge < -0.3 is 10.2 Å². The Hall–Kier alpha value is -2.40. The van der Waals surface area contributed by atoms with Crippen molar-refractivity contribution in [3.05, 3.63) is 64.9 Å². The molecule has 0 spiro atoms. The molecular formula is C18H18ClN3O2. The van der Waals surface area contributed by atoms with Crippen molar-refractivity contribution in [3.63, 3.8) is 0 Å². The monoisotopic (exact) mass is 343 g/mol. The molecule has 0 saturated carbocycles. The molecule has 6 heteroatoms. The number of piperazine rings is 1. The van der Waals surface area contributed by atoms with E-state index < -0.39 is 6.04 Å². The zero-order chi connectivity index (χ0) is 16.9. The van der Waals surface area contributed by atoms with Crippen LogP contribution in [-0.2, 0) is 16.0 Å². The summed E-state index contributed by atoms with van der Waals surface area (Å²) in [4.78, 5) is 30.7. The fourth-order valence-electron chi connectivity index (χ4n) is 2.89. The lowest BCUT2D eigenvalue weighted by molar-refractivity contribution is -0.143. The van der Waals surface area contributed by atoms with Crippen molar-refractivity contribution in [2.75, 3.05) is 13.1 Å². The molecule has 5 nitrogen and oxygen atoms in total. The SMILES string of the molecule is O=C1NCCN(C(=O)CCc2ccncc2)C1c1ccccc1Cl. The number of rotatable bonds is 4. The maximum absolute atomic E-state index is 12.7. The summed E-state index contributed by atoms with van der Waals surface area (Å²) in [6, 6.07) is 10.3. The third-order valence-electron chi connectivity index (χ3n) is 4.11. The number of carbonyl (C=O) groups is 2. The Morgan fingerprint density at radius 2 is 2.00 bits per heavy atom. The lowest BCUT2D eigenvalue weighted by Crippen LogP contribution is -2.52. The van der Waals surface area contributed by atoms with Gasteiger partial charge in [-0.2, -0.15) is 0 Å². The van der Waals surface area contributed by atoms with Crippen LogP contribution >= 0.6 is 11.6 Å². The second kappa shape index (κ2) is 7.45. The molecule has 2 aromatic rings. The van der Waals surface area contributed by atoms with E-state index >= 15 is 0 Å². The van der Waals surface area contributed by atoms with E-state index in [0.717, 1.165) is 5.56 Å². The molecule has 0 bridgehead atoms. The highest BCUT2D eigenvalue weighted by molar-refractivity contribution is 6.31. The van der Waals surface area contributed by atoms with Crippen molar-refractivity contribution in [3.8, 4) is 0 Å². The van der Waals surface area contributed by atoms with E-state index in [4.69, 9.17) is 11.6 Å². The second-order valence-corrected chi connectivity index (χ2v) is 6.06. The van der Waals surface area contributed by atoms with Gasteiger partial charge in [-0.1, -0.05) is 29.8 Å². The van der Waals surface area contributed by atoms with E-state index in [2.05, 4.69) is 10.3 Å². The Labute approximate surface area is 145 Å². The number of pyridine rings is 1. The average molecular weight is 344 g/mol. The highest BCUT2D eigenvalue weighted by Crippen LogP contribution is 2.29. The molecule has 3 rings (SSSR count). The van der Waals surface area contributed by atoms with Crippen molar-refractivity contribution < 1.29 is 9.59 Å². The van der Waals surface area contributed by atoms with E-state index in [-0.39, 0.29) is 11.8 Å². The minimum absolute atomic E-state index is 0.0495. The minimum atomic E-state index is -0.669. The normalized spacial score (nSPS) is 17.5. The van der Waals surface area contributed by atoms with E-state index in [0.29, 0.717) is 36.5 Å². The topological polar surface area (TPSA) is 62.3 Å². The summed E-state index contributed by atoms with van der Waals surface area (Å²) in [6.45, 7) is 0.942. The van der Waals surface area contributed by atoms with Crippen LogP contribution in [0.3, 0.4) is 0 Å². The maximum atomic E-state index is 12.7. The maximum Gasteiger partial charge on any atom is 0.247 e. The molecule has 2 amide bonds. The predicted octanol–water partition coefficient (Wildman–Crippen LogP) is 2.37. The van der Waals surface area contributed by atoms with Crippen molar-refractivity contribution in [1.82, 2.24) is 15.2 Å². The number of benzene rings is 1. The molecule has 1 unspecified atom stereocenters. The van der Waals surface area contributed by atoms with Crippen molar-refractivity contribution in [2.45, 2.75) is 18.9 Å². The zero-order valence-electron chi connectivity index (χ0n) is 13.1. The van der Waals surface area contributed by atoms with E-state index in [9.17, 15) is 9.59 Å². The first-order valence-corrected chi connectivity index (χ1v) is 8.25. The summed E-state index contributed by atoms with van der Waals surface area (Å²) < 4.78 is 0. The van der Waals surface area contributed by atoms with Crippen molar-refractivity contribution >= 4 is 23.4 Å². The quantitative estimate of drug-likeness (QED) is 0.927. The van der Waals surface area contributed by atoms with Crippen LogP contribution in [0.5, 0.6) is 0 Å². The van der Waals surface area contributed by atoms with Gasteiger partial charge in [-0.25, -0.2) is 0 Å². The lowest BCUT2D eigenvalue weighted by Gasteiger charge is -2.35. The number of hydrogen-bond acceptors (Lipinski definition) is 3. The minimum Gasteiger partial charge on any atom is -0.352 e. The molecule has 2 heterocycles. The molecule has 124 valence electrons. The molecule has 1 aromatic carbocycles. The van der Waals surface area contributed by atoms with Crippen LogP contribution in [-0.4, -0.2) is 34.8 Å². The smallest absolute Gasteiger partial charge is 0.247 e. The third-order valence-corrected chi connectivity index (χ3v) is 4.45. The first-order chi connectivity index (χ1) is 11.7. The molecule has 1 aliphatic rings. The largest absolute Gasteiger partial charge is 0.352 e. The van der Waals surface area contributed by atoms with Gasteiger partial charge in [0.05, 0.1) is 0 Å². The van der Waals surface area contributed by atoms with Crippen LogP contribution in [0, 0.1) is 0 Å². The van der Waals surface area contributed by atoms with Gasteiger partial charge in [0.25, 0.3) is 0 Å². The predicted molar refractivity (Wildman–Crippen MR) is 91.5 cm³/mol. The van der Waals surface area contributed by atoms with Crippen molar-refractivity contribution in [1.29, 1.82) is 0 Å². The molecule has 1 fully saturated rings. The number of nitrogens with one attached hydrogen (secondary N) is 1. The van der Waals surface area contributed by atoms with Gasteiger partial charge in [-0.15, -0.1) is 0 Å². The Morgan fingerprint density at radius 3 is 2.75 bits per heavy atom. The summed E-state index contributed by atoms with van der Waals surface area (Å²) >= 11 is 6.24. The number of amides is 2. The van der Waals surface area contributed by atoms with Gasteiger partial charge in [-0.05, 0) is 30.2 Å². The van der Waals surface area contributed by atoms with E-state index in [1.165, 1.54) is 0 Å². The van der Waals surface area contributed by atoms with Crippen LogP contribution in [0.1, 0.15) is 23.6 Å². The lowest BCUT2D eigenvalue weighted by atomic mass is 10.0. The van der Waals surface area contributed by atoms with Gasteiger partial charge in [0.2, 0.25) is 11.8 Å². The van der Waals surface area contributed by atoms with Crippen LogP contribution < -0.4 is 5.32 Å². The van der Waals surface area contributed by atoms with Gasteiger partial charge in [0, 0.05) is 42.5 Å². The van der Waals surface area contributed by atoms with Gasteiger partial charge >= 0.3 is 0 Å². The summed E-state index contributed by atoms with van der Waals surface area (Å²) in [6.07, 6.45) is 4.38. The fourth-order valence-corrected chi connectivity index (χ4v) is 3.12. The molecule has 1 aromatic heterocycles. The molecule has 1 N–H and O–H groups in total. The van der Waals surface area contributed by atoms with Crippen LogP contribution in [0.2, 0.25) is 5.02 Å². The number of hydrogen-bond donors (Lipinski definition) is 1. The Balaban J connectivity index is 1.77. The van der Waals surface area contributed by atoms with Crippen LogP contribution in [0.4, 0.5) is 0 Å². The number of aryl methyl sites for hydroxylation is 1. The number of carbonyl (C=O) groups excluding carboxylic acids is 2. The van der Waals surface area contributed by atoms with Crippen LogP contribution in [0.15, 0.2) is 48.8 Å². The van der Waals surface area contributed by atoms with Gasteiger partial charge in [0.15, 0.2) is 0 Å². The number of aromatic nitrogens is 1.